The highest BCUT2D eigenvalue weighted by molar-refractivity contribution is 7.09. The van der Waals surface area contributed by atoms with Gasteiger partial charge in [-0.2, -0.15) is 5.10 Å². The lowest BCUT2D eigenvalue weighted by atomic mass is 9.88. The fourth-order valence-corrected chi connectivity index (χ4v) is 5.83. The smallest absolute Gasteiger partial charge is 0.218 e. The zero-order valence-corrected chi connectivity index (χ0v) is 22.9. The average molecular weight is 557 g/mol. The van der Waals surface area contributed by atoms with Gasteiger partial charge in [-0.1, -0.05) is 29.8 Å². The van der Waals surface area contributed by atoms with E-state index in [0.29, 0.717) is 45.6 Å². The molecule has 0 aliphatic heterocycles. The summed E-state index contributed by atoms with van der Waals surface area (Å²) in [4.78, 5) is 14.0. The molecular formula is C29H25ClN6O2S. The molecule has 0 aliphatic rings. The lowest BCUT2D eigenvalue weighted by Gasteiger charge is -2.28. The molecule has 2 aromatic carbocycles. The molecule has 8 nitrogen and oxygen atoms in total. The van der Waals surface area contributed by atoms with Crippen LogP contribution in [-0.4, -0.2) is 41.0 Å². The maximum atomic E-state index is 12.2. The minimum absolute atomic E-state index is 0.462. The van der Waals surface area contributed by atoms with Gasteiger partial charge < -0.3 is 14.4 Å². The number of aliphatic hydroxyl groups is 1. The van der Waals surface area contributed by atoms with Crippen molar-refractivity contribution in [3.05, 3.63) is 117 Å². The second kappa shape index (κ2) is 10.3. The van der Waals surface area contributed by atoms with E-state index in [9.17, 15) is 5.11 Å². The van der Waals surface area contributed by atoms with Crippen LogP contribution >= 0.6 is 22.9 Å². The lowest BCUT2D eigenvalue weighted by Crippen LogP contribution is -2.30. The van der Waals surface area contributed by atoms with Crippen molar-refractivity contribution in [2.24, 2.45) is 7.05 Å². The molecule has 10 heteroatoms. The van der Waals surface area contributed by atoms with Crippen molar-refractivity contribution >= 4 is 33.8 Å². The number of nitrogens with zero attached hydrogens (tertiary/aromatic N) is 6. The van der Waals surface area contributed by atoms with Gasteiger partial charge in [-0.15, -0.1) is 11.3 Å². The van der Waals surface area contributed by atoms with Crippen molar-refractivity contribution in [2.75, 3.05) is 6.61 Å². The Bertz CT molecular complexity index is 1730. The molecule has 0 saturated heterocycles. The number of ether oxygens (including phenoxy) is 1. The van der Waals surface area contributed by atoms with Gasteiger partial charge in [0.15, 0.2) is 5.60 Å². The second-order valence-corrected chi connectivity index (χ2v) is 10.4. The van der Waals surface area contributed by atoms with Crippen LogP contribution in [0.1, 0.15) is 34.2 Å². The lowest BCUT2D eigenvalue weighted by molar-refractivity contribution is 0.121. The van der Waals surface area contributed by atoms with E-state index in [2.05, 4.69) is 27.2 Å². The Hall–Kier alpha value is -4.05. The van der Waals surface area contributed by atoms with Gasteiger partial charge in [0.1, 0.15) is 0 Å². The van der Waals surface area contributed by atoms with Crippen LogP contribution in [-0.2, 0) is 19.1 Å². The first kappa shape index (κ1) is 25.2. The number of hydrogen-bond acceptors (Lipinski definition) is 7. The Balaban J connectivity index is 1.46. The molecule has 0 amide bonds. The summed E-state index contributed by atoms with van der Waals surface area (Å²) in [5, 5.41) is 17.8. The molecule has 1 N–H and O–H groups in total. The Morgan fingerprint density at radius 2 is 1.95 bits per heavy atom. The number of hydrogen-bond donors (Lipinski definition) is 1. The van der Waals surface area contributed by atoms with Crippen molar-refractivity contribution in [1.29, 1.82) is 0 Å². The van der Waals surface area contributed by atoms with E-state index < -0.39 is 5.60 Å². The molecule has 0 bridgehead atoms. The Labute approximate surface area is 234 Å². The minimum Gasteiger partial charge on any atom is -0.478 e. The number of halogens is 1. The summed E-state index contributed by atoms with van der Waals surface area (Å²) in [6.07, 6.45) is 9.20. The largest absolute Gasteiger partial charge is 0.478 e. The minimum atomic E-state index is -1.47. The maximum absolute atomic E-state index is 12.2. The van der Waals surface area contributed by atoms with Crippen LogP contribution in [0.2, 0.25) is 5.02 Å². The highest BCUT2D eigenvalue weighted by Gasteiger charge is 2.38. The molecule has 4 aromatic heterocycles. The number of aromatic nitrogens is 6. The van der Waals surface area contributed by atoms with E-state index in [1.54, 1.807) is 35.0 Å². The zero-order chi connectivity index (χ0) is 27.0. The SMILES string of the molecule is CCOc1nc2ccc(C(O)(c3cncs3)c3cncn3C)cc2c(Cl)c1Cc1ccc(-n2cccn2)cc1. The molecule has 1 atom stereocenters. The fourth-order valence-electron chi connectivity index (χ4n) is 4.79. The van der Waals surface area contributed by atoms with Crippen molar-refractivity contribution in [2.45, 2.75) is 18.9 Å². The summed E-state index contributed by atoms with van der Waals surface area (Å²) < 4.78 is 9.55. The van der Waals surface area contributed by atoms with Gasteiger partial charge in [0.25, 0.3) is 0 Å². The standard InChI is InChI=1S/C29H25ClN6O2S/c1-3-38-28-23(13-19-5-8-21(9-6-19)36-12-4-11-33-36)27(30)22-14-20(7-10-24(22)34-28)29(37,26-16-32-18-39-26)25-15-31-17-35(25)2/h4-12,14-18,37H,3,13H2,1-2H3. The summed E-state index contributed by atoms with van der Waals surface area (Å²) in [6.45, 7) is 2.39. The Morgan fingerprint density at radius 1 is 1.10 bits per heavy atom. The summed E-state index contributed by atoms with van der Waals surface area (Å²) in [5.41, 5.74) is 5.00. The first-order chi connectivity index (χ1) is 19.0. The van der Waals surface area contributed by atoms with Crippen LogP contribution in [0.4, 0.5) is 0 Å². The van der Waals surface area contributed by atoms with Gasteiger partial charge in [-0.25, -0.2) is 14.6 Å². The highest BCUT2D eigenvalue weighted by atomic mass is 35.5. The molecular weight excluding hydrogens is 532 g/mol. The number of thiazole rings is 1. The number of aryl methyl sites for hydroxylation is 1. The fraction of sp³-hybridized carbons (Fsp3) is 0.172. The van der Waals surface area contributed by atoms with Gasteiger partial charge in [-0.3, -0.25) is 4.98 Å². The van der Waals surface area contributed by atoms with Crippen LogP contribution < -0.4 is 4.74 Å². The van der Waals surface area contributed by atoms with Crippen molar-refractivity contribution in [3.63, 3.8) is 0 Å². The van der Waals surface area contributed by atoms with Gasteiger partial charge in [0.2, 0.25) is 5.88 Å². The van der Waals surface area contributed by atoms with E-state index >= 15 is 0 Å². The van der Waals surface area contributed by atoms with E-state index in [0.717, 1.165) is 22.2 Å². The van der Waals surface area contributed by atoms with Gasteiger partial charge in [-0.05, 0) is 48.4 Å². The van der Waals surface area contributed by atoms with Crippen LogP contribution in [0.3, 0.4) is 0 Å². The number of fused-ring (bicyclic) bond motifs is 1. The molecule has 4 heterocycles. The van der Waals surface area contributed by atoms with Gasteiger partial charge in [0, 0.05) is 43.0 Å². The first-order valence-corrected chi connectivity index (χ1v) is 13.7. The summed E-state index contributed by atoms with van der Waals surface area (Å²) >= 11 is 8.48. The number of benzene rings is 2. The molecule has 6 aromatic rings. The third kappa shape index (κ3) is 4.48. The predicted molar refractivity (Wildman–Crippen MR) is 152 cm³/mol. The monoisotopic (exact) mass is 556 g/mol. The summed E-state index contributed by atoms with van der Waals surface area (Å²) in [5.74, 6) is 0.503. The van der Waals surface area contributed by atoms with Crippen LogP contribution in [0, 0.1) is 0 Å². The van der Waals surface area contributed by atoms with E-state index in [-0.39, 0.29) is 0 Å². The number of rotatable bonds is 8. The zero-order valence-electron chi connectivity index (χ0n) is 21.3. The van der Waals surface area contributed by atoms with E-state index in [1.807, 2.05) is 61.2 Å². The quantitative estimate of drug-likeness (QED) is 0.265. The summed E-state index contributed by atoms with van der Waals surface area (Å²) in [6, 6.07) is 15.7. The first-order valence-electron chi connectivity index (χ1n) is 12.4. The Morgan fingerprint density at radius 3 is 2.62 bits per heavy atom. The molecule has 0 radical (unpaired) electrons. The maximum Gasteiger partial charge on any atom is 0.218 e. The second-order valence-electron chi connectivity index (χ2n) is 9.13. The van der Waals surface area contributed by atoms with Crippen molar-refractivity contribution in [1.82, 2.24) is 29.3 Å². The average Bonchev–Trinajstić information content (AvgIpc) is 3.75. The molecule has 0 fully saturated rings. The molecule has 0 spiro atoms. The number of imidazole rings is 1. The number of pyridine rings is 1. The third-order valence-electron chi connectivity index (χ3n) is 6.74. The van der Waals surface area contributed by atoms with E-state index in [1.165, 1.54) is 11.3 Å². The normalized spacial score (nSPS) is 13.0. The van der Waals surface area contributed by atoms with Crippen LogP contribution in [0.25, 0.3) is 16.6 Å². The topological polar surface area (TPSA) is 90.9 Å². The van der Waals surface area contributed by atoms with Gasteiger partial charge >= 0.3 is 0 Å². The molecule has 6 rings (SSSR count). The van der Waals surface area contributed by atoms with Crippen LogP contribution in [0.5, 0.6) is 5.88 Å². The predicted octanol–water partition coefficient (Wildman–Crippen LogP) is 5.54. The molecule has 39 heavy (non-hydrogen) atoms. The highest BCUT2D eigenvalue weighted by Crippen LogP contribution is 2.41. The van der Waals surface area contributed by atoms with Gasteiger partial charge in [0.05, 0.1) is 51.4 Å². The summed E-state index contributed by atoms with van der Waals surface area (Å²) in [7, 11) is 1.86. The van der Waals surface area contributed by atoms with E-state index in [4.69, 9.17) is 21.3 Å². The van der Waals surface area contributed by atoms with Crippen molar-refractivity contribution in [3.8, 4) is 11.6 Å². The third-order valence-corrected chi connectivity index (χ3v) is 8.05. The molecule has 1 unspecified atom stereocenters. The molecule has 0 aliphatic carbocycles. The molecule has 0 saturated carbocycles. The Kier molecular flexibility index (Phi) is 6.64. The van der Waals surface area contributed by atoms with Crippen LogP contribution in [0.15, 0.2) is 85.2 Å². The van der Waals surface area contributed by atoms with Crippen molar-refractivity contribution < 1.29 is 9.84 Å². The molecule has 196 valence electrons.